The van der Waals surface area contributed by atoms with Crippen LogP contribution in [0.2, 0.25) is 0 Å². The van der Waals surface area contributed by atoms with Gasteiger partial charge in [0.15, 0.2) is 0 Å². The van der Waals surface area contributed by atoms with Crippen LogP contribution in [-0.2, 0) is 0 Å². The molecule has 0 unspecified atom stereocenters. The highest BCUT2D eigenvalue weighted by atomic mass is 79.9. The number of nitrogens with zero attached hydrogens (tertiary/aromatic N) is 1. The molecule has 2 rings (SSSR count). The zero-order valence-electron chi connectivity index (χ0n) is 6.32. The Kier molecular flexibility index (Phi) is 2.05. The van der Waals surface area contributed by atoms with Crippen LogP contribution in [0.1, 0.15) is 10.4 Å². The molecule has 1 aromatic carbocycles. The molecule has 0 amide bonds. The number of fused-ring (bicyclic) bond motifs is 1. The van der Waals surface area contributed by atoms with E-state index >= 15 is 0 Å². The van der Waals surface area contributed by atoms with Crippen LogP contribution in [0.3, 0.4) is 0 Å². The Balaban J connectivity index is 2.76. The van der Waals surface area contributed by atoms with E-state index in [2.05, 4.69) is 20.9 Å². The van der Waals surface area contributed by atoms with Crippen molar-refractivity contribution in [3.8, 4) is 0 Å². The van der Waals surface area contributed by atoms with Crippen LogP contribution < -0.4 is 0 Å². The highest BCUT2D eigenvalue weighted by Gasteiger charge is 2.10. The zero-order valence-corrected chi connectivity index (χ0v) is 8.72. The molecule has 0 radical (unpaired) electrons. The van der Waals surface area contributed by atoms with Gasteiger partial charge in [0.1, 0.15) is 0 Å². The molecule has 1 aromatic heterocycles. The first-order chi connectivity index (χ1) is 6.18. The number of carboxylic acid groups (broad SMARTS) is 1. The Hall–Kier alpha value is -0.940. The summed E-state index contributed by atoms with van der Waals surface area (Å²) in [6.45, 7) is 0. The number of aromatic nitrogens is 1. The monoisotopic (exact) mass is 257 g/mol. The molecule has 0 aliphatic rings. The molecule has 0 spiro atoms. The van der Waals surface area contributed by atoms with Gasteiger partial charge in [-0.3, -0.25) is 0 Å². The molecule has 1 heterocycles. The highest BCUT2D eigenvalue weighted by Crippen LogP contribution is 2.26. The van der Waals surface area contributed by atoms with Gasteiger partial charge < -0.3 is 5.11 Å². The Bertz CT molecular complexity index is 480. The van der Waals surface area contributed by atoms with Crippen molar-refractivity contribution in [2.75, 3.05) is 0 Å². The van der Waals surface area contributed by atoms with E-state index in [1.807, 2.05) is 0 Å². The van der Waals surface area contributed by atoms with E-state index in [1.165, 1.54) is 11.3 Å². The standard InChI is InChI=1S/C8H4BrNO2S/c9-5-2-7-6(10-3-13-7)1-4(5)8(11)12/h1-3H,(H,11,12). The van der Waals surface area contributed by atoms with Gasteiger partial charge in [-0.15, -0.1) is 11.3 Å². The largest absolute Gasteiger partial charge is 0.478 e. The van der Waals surface area contributed by atoms with Crippen LogP contribution in [0.15, 0.2) is 22.1 Å². The average molecular weight is 258 g/mol. The lowest BCUT2D eigenvalue weighted by Gasteiger charge is -1.97. The summed E-state index contributed by atoms with van der Waals surface area (Å²) in [5.41, 5.74) is 2.67. The molecule has 13 heavy (non-hydrogen) atoms. The third-order valence-corrected chi connectivity index (χ3v) is 3.10. The molecule has 0 aliphatic heterocycles. The van der Waals surface area contributed by atoms with E-state index in [4.69, 9.17) is 5.11 Å². The van der Waals surface area contributed by atoms with Crippen molar-refractivity contribution < 1.29 is 9.90 Å². The number of carbonyl (C=O) groups is 1. The fourth-order valence-corrected chi connectivity index (χ4v) is 2.41. The number of carboxylic acids is 1. The van der Waals surface area contributed by atoms with Crippen molar-refractivity contribution in [2.24, 2.45) is 0 Å². The predicted octanol–water partition coefficient (Wildman–Crippen LogP) is 2.76. The van der Waals surface area contributed by atoms with E-state index in [-0.39, 0.29) is 5.56 Å². The first-order valence-corrected chi connectivity index (χ1v) is 5.12. The molecule has 66 valence electrons. The average Bonchev–Trinajstić information content (AvgIpc) is 2.48. The van der Waals surface area contributed by atoms with E-state index in [0.717, 1.165) is 10.2 Å². The number of thiazole rings is 1. The summed E-state index contributed by atoms with van der Waals surface area (Å²) >= 11 is 4.69. The van der Waals surface area contributed by atoms with Crippen LogP contribution in [0, 0.1) is 0 Å². The SMILES string of the molecule is O=C(O)c1cc2ncsc2cc1Br. The van der Waals surface area contributed by atoms with Gasteiger partial charge >= 0.3 is 5.97 Å². The number of rotatable bonds is 1. The molecule has 5 heteroatoms. The van der Waals surface area contributed by atoms with Gasteiger partial charge in [-0.2, -0.15) is 0 Å². The maximum atomic E-state index is 10.7. The van der Waals surface area contributed by atoms with E-state index in [1.54, 1.807) is 17.6 Å². The fourth-order valence-electron chi connectivity index (χ4n) is 1.04. The first kappa shape index (κ1) is 8.65. The summed E-state index contributed by atoms with van der Waals surface area (Å²) in [5, 5.41) is 8.81. The second kappa shape index (κ2) is 3.08. The van der Waals surface area contributed by atoms with Crippen LogP contribution in [0.4, 0.5) is 0 Å². The molecule has 0 aliphatic carbocycles. The van der Waals surface area contributed by atoms with Gasteiger partial charge in [0, 0.05) is 4.47 Å². The number of hydrogen-bond donors (Lipinski definition) is 1. The van der Waals surface area contributed by atoms with Crippen molar-refractivity contribution in [3.05, 3.63) is 27.7 Å². The van der Waals surface area contributed by atoms with Crippen LogP contribution in [-0.4, -0.2) is 16.1 Å². The minimum atomic E-state index is -0.943. The van der Waals surface area contributed by atoms with Gasteiger partial charge in [-0.25, -0.2) is 9.78 Å². The molecule has 0 bridgehead atoms. The normalized spacial score (nSPS) is 10.5. The molecule has 0 atom stereocenters. The Morgan fingerprint density at radius 2 is 2.31 bits per heavy atom. The minimum absolute atomic E-state index is 0.249. The number of hydrogen-bond acceptors (Lipinski definition) is 3. The number of aromatic carboxylic acids is 1. The van der Waals surface area contributed by atoms with Gasteiger partial charge in [0.25, 0.3) is 0 Å². The summed E-state index contributed by atoms with van der Waals surface area (Å²) in [6.07, 6.45) is 0. The van der Waals surface area contributed by atoms with Crippen molar-refractivity contribution in [3.63, 3.8) is 0 Å². The van der Waals surface area contributed by atoms with Crippen LogP contribution in [0.25, 0.3) is 10.2 Å². The van der Waals surface area contributed by atoms with E-state index in [0.29, 0.717) is 4.47 Å². The van der Waals surface area contributed by atoms with E-state index < -0.39 is 5.97 Å². The van der Waals surface area contributed by atoms with Crippen LogP contribution in [0.5, 0.6) is 0 Å². The van der Waals surface area contributed by atoms with Crippen molar-refractivity contribution in [1.82, 2.24) is 4.98 Å². The second-order valence-corrected chi connectivity index (χ2v) is 4.20. The smallest absolute Gasteiger partial charge is 0.336 e. The predicted molar refractivity (Wildman–Crippen MR) is 54.3 cm³/mol. The lowest BCUT2D eigenvalue weighted by Crippen LogP contribution is -1.96. The highest BCUT2D eigenvalue weighted by molar-refractivity contribution is 9.10. The molecule has 0 saturated carbocycles. The molecule has 3 nitrogen and oxygen atoms in total. The van der Waals surface area contributed by atoms with Gasteiger partial charge in [-0.05, 0) is 28.1 Å². The number of halogens is 1. The minimum Gasteiger partial charge on any atom is -0.478 e. The Morgan fingerprint density at radius 3 is 3.00 bits per heavy atom. The first-order valence-electron chi connectivity index (χ1n) is 3.44. The quantitative estimate of drug-likeness (QED) is 0.855. The van der Waals surface area contributed by atoms with Gasteiger partial charge in [0.2, 0.25) is 0 Å². The van der Waals surface area contributed by atoms with Crippen LogP contribution >= 0.6 is 27.3 Å². The van der Waals surface area contributed by atoms with Crippen molar-refractivity contribution >= 4 is 43.5 Å². The lowest BCUT2D eigenvalue weighted by atomic mass is 10.2. The maximum Gasteiger partial charge on any atom is 0.336 e. The molecular formula is C8H4BrNO2S. The molecule has 1 N–H and O–H groups in total. The summed E-state index contributed by atoms with van der Waals surface area (Å²) in [4.78, 5) is 14.8. The Labute approximate surface area is 86.2 Å². The van der Waals surface area contributed by atoms with Gasteiger partial charge in [-0.1, -0.05) is 0 Å². The topological polar surface area (TPSA) is 50.2 Å². The summed E-state index contributed by atoms with van der Waals surface area (Å²) < 4.78 is 1.58. The van der Waals surface area contributed by atoms with Crippen molar-refractivity contribution in [2.45, 2.75) is 0 Å². The summed E-state index contributed by atoms with van der Waals surface area (Å²) in [6, 6.07) is 3.34. The summed E-state index contributed by atoms with van der Waals surface area (Å²) in [7, 11) is 0. The molecule has 2 aromatic rings. The third-order valence-electron chi connectivity index (χ3n) is 1.65. The van der Waals surface area contributed by atoms with Gasteiger partial charge in [0.05, 0.1) is 21.3 Å². The lowest BCUT2D eigenvalue weighted by molar-refractivity contribution is 0.0696. The second-order valence-electron chi connectivity index (χ2n) is 2.46. The molecule has 0 saturated heterocycles. The molecular weight excluding hydrogens is 254 g/mol. The van der Waals surface area contributed by atoms with Crippen molar-refractivity contribution in [1.29, 1.82) is 0 Å². The zero-order chi connectivity index (χ0) is 9.42. The third kappa shape index (κ3) is 1.45. The van der Waals surface area contributed by atoms with E-state index in [9.17, 15) is 4.79 Å². The summed E-state index contributed by atoms with van der Waals surface area (Å²) in [5.74, 6) is -0.943. The maximum absolute atomic E-state index is 10.7. The molecule has 0 fully saturated rings. The number of benzene rings is 1. The Morgan fingerprint density at radius 1 is 1.54 bits per heavy atom. The fraction of sp³-hybridized carbons (Fsp3) is 0.